The Kier molecular flexibility index (Phi) is 6.32. The van der Waals surface area contributed by atoms with E-state index in [1.54, 1.807) is 18.2 Å². The van der Waals surface area contributed by atoms with Gasteiger partial charge in [0.2, 0.25) is 6.54 Å². The van der Waals surface area contributed by atoms with Gasteiger partial charge in [0.05, 0.1) is 5.56 Å². The Morgan fingerprint density at radius 2 is 2.05 bits per heavy atom. The molecule has 0 bridgehead atoms. The number of carboxylic acids is 1. The van der Waals surface area contributed by atoms with Gasteiger partial charge in [0.25, 0.3) is 0 Å². The Morgan fingerprint density at radius 3 is 2.62 bits per heavy atom. The van der Waals surface area contributed by atoms with Gasteiger partial charge in [-0.05, 0) is 18.1 Å². The summed E-state index contributed by atoms with van der Waals surface area (Å²) < 4.78 is 5.12. The molecule has 1 aromatic rings. The Bertz CT molecular complexity index is 528. The number of rotatable bonds is 8. The van der Waals surface area contributed by atoms with E-state index in [0.717, 1.165) is 0 Å². The Morgan fingerprint density at radius 1 is 1.38 bits per heavy atom. The van der Waals surface area contributed by atoms with Crippen molar-refractivity contribution in [1.29, 1.82) is 0 Å². The maximum atomic E-state index is 11.1. The van der Waals surface area contributed by atoms with Crippen LogP contribution in [0.2, 0.25) is 0 Å². The summed E-state index contributed by atoms with van der Waals surface area (Å²) in [5, 5.41) is 19.4. The van der Waals surface area contributed by atoms with Gasteiger partial charge in [0.15, 0.2) is 0 Å². The zero-order valence-corrected chi connectivity index (χ0v) is 11.7. The van der Waals surface area contributed by atoms with E-state index in [0.29, 0.717) is 12.0 Å². The lowest BCUT2D eigenvalue weighted by Gasteiger charge is -2.17. The smallest absolute Gasteiger partial charge is 0.335 e. The van der Waals surface area contributed by atoms with Gasteiger partial charge in [-0.3, -0.25) is 14.9 Å². The van der Waals surface area contributed by atoms with E-state index in [4.69, 9.17) is 9.84 Å². The van der Waals surface area contributed by atoms with Crippen LogP contribution in [0.4, 0.5) is 0 Å². The third-order valence-electron chi connectivity index (χ3n) is 2.89. The molecule has 0 saturated heterocycles. The summed E-state index contributed by atoms with van der Waals surface area (Å²) in [7, 11) is 0. The number of nitro groups is 1. The molecule has 21 heavy (non-hydrogen) atoms. The molecule has 1 atom stereocenters. The standard InChI is InChI=1S/C14H17NO6/c1-10(16)21-12(6-4-8-15(19)20)9-11-5-2-3-7-13(11)14(17)18/h2-3,5,7,12H,4,6,8-9H2,1H3,(H,17,18). The van der Waals surface area contributed by atoms with Crippen molar-refractivity contribution in [2.24, 2.45) is 0 Å². The van der Waals surface area contributed by atoms with Crippen molar-refractivity contribution >= 4 is 11.9 Å². The second-order valence-electron chi connectivity index (χ2n) is 4.60. The van der Waals surface area contributed by atoms with E-state index >= 15 is 0 Å². The SMILES string of the molecule is CC(=O)OC(CCC[N+](=O)[O-])Cc1ccccc1C(=O)O. The molecule has 1 unspecified atom stereocenters. The maximum Gasteiger partial charge on any atom is 0.335 e. The van der Waals surface area contributed by atoms with E-state index in [1.807, 2.05) is 0 Å². The quantitative estimate of drug-likeness (QED) is 0.446. The second kappa shape index (κ2) is 7.98. The van der Waals surface area contributed by atoms with Crippen LogP contribution in [0.25, 0.3) is 0 Å². The van der Waals surface area contributed by atoms with Crippen molar-refractivity contribution in [3.05, 3.63) is 45.5 Å². The number of esters is 1. The Hall–Kier alpha value is -2.44. The van der Waals surface area contributed by atoms with Gasteiger partial charge >= 0.3 is 11.9 Å². The van der Waals surface area contributed by atoms with Crippen molar-refractivity contribution in [3.8, 4) is 0 Å². The number of nitrogens with zero attached hydrogens (tertiary/aromatic N) is 1. The van der Waals surface area contributed by atoms with Gasteiger partial charge in [0.1, 0.15) is 6.10 Å². The lowest BCUT2D eigenvalue weighted by molar-refractivity contribution is -0.480. The summed E-state index contributed by atoms with van der Waals surface area (Å²) in [6, 6.07) is 6.43. The molecule has 0 saturated carbocycles. The third-order valence-corrected chi connectivity index (χ3v) is 2.89. The van der Waals surface area contributed by atoms with E-state index in [1.165, 1.54) is 13.0 Å². The second-order valence-corrected chi connectivity index (χ2v) is 4.60. The summed E-state index contributed by atoms with van der Waals surface area (Å²) in [5.74, 6) is -1.55. The molecule has 0 aliphatic carbocycles. The summed E-state index contributed by atoms with van der Waals surface area (Å²) in [4.78, 5) is 32.1. The average molecular weight is 295 g/mol. The molecule has 114 valence electrons. The van der Waals surface area contributed by atoms with Crippen LogP contribution in [0, 0.1) is 10.1 Å². The summed E-state index contributed by atoms with van der Waals surface area (Å²) in [6.07, 6.45) is 0.233. The third kappa shape index (κ3) is 6.03. The Balaban J connectivity index is 2.78. The highest BCUT2D eigenvalue weighted by Crippen LogP contribution is 2.16. The zero-order chi connectivity index (χ0) is 15.8. The number of aromatic carboxylic acids is 1. The summed E-state index contributed by atoms with van der Waals surface area (Å²) >= 11 is 0. The number of ether oxygens (including phenoxy) is 1. The lowest BCUT2D eigenvalue weighted by Crippen LogP contribution is -2.21. The fraction of sp³-hybridized carbons (Fsp3) is 0.429. The number of carbonyl (C=O) groups is 2. The average Bonchev–Trinajstić information content (AvgIpc) is 2.37. The van der Waals surface area contributed by atoms with Crippen LogP contribution in [-0.4, -0.2) is 34.6 Å². The molecule has 1 aromatic carbocycles. The van der Waals surface area contributed by atoms with Crippen LogP contribution >= 0.6 is 0 Å². The molecule has 0 fully saturated rings. The fourth-order valence-electron chi connectivity index (χ4n) is 2.04. The normalized spacial score (nSPS) is 11.7. The molecular formula is C14H17NO6. The lowest BCUT2D eigenvalue weighted by atomic mass is 9.99. The first-order chi connectivity index (χ1) is 9.90. The van der Waals surface area contributed by atoms with E-state index in [-0.39, 0.29) is 24.9 Å². The van der Waals surface area contributed by atoms with Crippen LogP contribution in [-0.2, 0) is 16.0 Å². The summed E-state index contributed by atoms with van der Waals surface area (Å²) in [6.45, 7) is 1.04. The molecule has 7 heteroatoms. The number of carboxylic acid groups (broad SMARTS) is 1. The van der Waals surface area contributed by atoms with Crippen LogP contribution < -0.4 is 0 Å². The van der Waals surface area contributed by atoms with Gasteiger partial charge in [0, 0.05) is 24.7 Å². The van der Waals surface area contributed by atoms with E-state index in [9.17, 15) is 19.7 Å². The van der Waals surface area contributed by atoms with Crippen LogP contribution in [0.15, 0.2) is 24.3 Å². The minimum atomic E-state index is -1.06. The summed E-state index contributed by atoms with van der Waals surface area (Å²) in [5.41, 5.74) is 0.682. The first-order valence-corrected chi connectivity index (χ1v) is 6.50. The number of hydrogen-bond acceptors (Lipinski definition) is 5. The van der Waals surface area contributed by atoms with Crippen molar-refractivity contribution in [2.75, 3.05) is 6.54 Å². The van der Waals surface area contributed by atoms with Gasteiger partial charge in [-0.15, -0.1) is 0 Å². The van der Waals surface area contributed by atoms with Gasteiger partial charge in [-0.2, -0.15) is 0 Å². The van der Waals surface area contributed by atoms with Crippen molar-refractivity contribution in [3.63, 3.8) is 0 Å². The van der Waals surface area contributed by atoms with Crippen LogP contribution in [0.1, 0.15) is 35.7 Å². The first kappa shape index (κ1) is 16.6. The molecule has 0 amide bonds. The topological polar surface area (TPSA) is 107 Å². The maximum absolute atomic E-state index is 11.1. The Labute approximate surface area is 121 Å². The van der Waals surface area contributed by atoms with Gasteiger partial charge < -0.3 is 9.84 Å². The number of carbonyl (C=O) groups excluding carboxylic acids is 1. The highest BCUT2D eigenvalue weighted by atomic mass is 16.6. The molecule has 1 rings (SSSR count). The van der Waals surface area contributed by atoms with Crippen LogP contribution in [0.3, 0.4) is 0 Å². The molecule has 7 nitrogen and oxygen atoms in total. The van der Waals surface area contributed by atoms with Crippen molar-refractivity contribution < 1.29 is 24.4 Å². The highest BCUT2D eigenvalue weighted by molar-refractivity contribution is 5.89. The molecule has 0 heterocycles. The molecule has 1 N–H and O–H groups in total. The van der Waals surface area contributed by atoms with E-state index < -0.39 is 23.0 Å². The molecule has 0 radical (unpaired) electrons. The predicted molar refractivity (Wildman–Crippen MR) is 73.8 cm³/mol. The number of benzene rings is 1. The molecule has 0 aromatic heterocycles. The first-order valence-electron chi connectivity index (χ1n) is 6.50. The highest BCUT2D eigenvalue weighted by Gasteiger charge is 2.18. The molecule has 0 aliphatic rings. The molecule has 0 aliphatic heterocycles. The molecular weight excluding hydrogens is 278 g/mol. The van der Waals surface area contributed by atoms with Crippen LogP contribution in [0.5, 0.6) is 0 Å². The van der Waals surface area contributed by atoms with Crippen molar-refractivity contribution in [1.82, 2.24) is 0 Å². The minimum Gasteiger partial charge on any atom is -0.478 e. The predicted octanol–water partition coefficient (Wildman–Crippen LogP) is 1.92. The minimum absolute atomic E-state index is 0.143. The number of hydrogen-bond donors (Lipinski definition) is 1. The van der Waals surface area contributed by atoms with Gasteiger partial charge in [-0.1, -0.05) is 18.2 Å². The molecule has 0 spiro atoms. The fourth-order valence-corrected chi connectivity index (χ4v) is 2.04. The zero-order valence-electron chi connectivity index (χ0n) is 11.7. The van der Waals surface area contributed by atoms with E-state index in [2.05, 4.69) is 0 Å². The van der Waals surface area contributed by atoms with Crippen molar-refractivity contribution in [2.45, 2.75) is 32.3 Å². The van der Waals surface area contributed by atoms with Gasteiger partial charge in [-0.25, -0.2) is 4.79 Å². The monoisotopic (exact) mass is 295 g/mol. The largest absolute Gasteiger partial charge is 0.478 e.